The van der Waals surface area contributed by atoms with Crippen LogP contribution in [0.3, 0.4) is 0 Å². The second-order valence-corrected chi connectivity index (χ2v) is 21.5. The van der Waals surface area contributed by atoms with Crippen LogP contribution in [0.4, 0.5) is 0 Å². The van der Waals surface area contributed by atoms with Crippen LogP contribution in [0.5, 0.6) is 0 Å². The Labute approximate surface area is 180 Å². The molecule has 0 unspecified atom stereocenters. The summed E-state index contributed by atoms with van der Waals surface area (Å²) in [4.78, 5) is 0. The molecule has 2 fully saturated rings. The van der Waals surface area contributed by atoms with Crippen LogP contribution in [0.25, 0.3) is 0 Å². The summed E-state index contributed by atoms with van der Waals surface area (Å²) in [6, 6.07) is 0. The lowest BCUT2D eigenvalue weighted by molar-refractivity contribution is -0.275. The molecule has 0 bridgehead atoms. The van der Waals surface area contributed by atoms with E-state index in [0.29, 0.717) is 13.0 Å². The molecule has 0 spiro atoms. The molecule has 1 N–H and O–H groups in total. The molecule has 170 valence electrons. The average Bonchev–Trinajstić information content (AvgIpc) is 2.47. The summed E-state index contributed by atoms with van der Waals surface area (Å²) >= 11 is 0. The molecule has 0 radical (unpaired) electrons. The first-order valence-corrected chi connectivity index (χ1v) is 16.1. The Morgan fingerprint density at radius 1 is 1.17 bits per heavy atom. The molecule has 29 heavy (non-hydrogen) atoms. The molecule has 2 rings (SSSR count). The minimum Gasteiger partial charge on any atom is -0.409 e. The summed E-state index contributed by atoms with van der Waals surface area (Å²) in [7, 11) is -4.64. The molecular formula is C22H44O5Si2. The summed E-state index contributed by atoms with van der Waals surface area (Å²) in [6.07, 6.45) is -1.27. The standard InChI is InChI=1S/C22H44O5Si2/c1-15(2)13-22(9)19(23)18(26-28(10,11)12)17-16(25-22)14-24-29(27-17,20(3,4)5)21(6,7)8/h16-19,23H,1,13-14H2,2-12H3/t16-,17-,18+,19-,22+/m0/s1. The molecule has 0 aromatic carbocycles. The first-order chi connectivity index (χ1) is 12.8. The third kappa shape index (κ3) is 4.91. The smallest absolute Gasteiger partial charge is 0.349 e. The van der Waals surface area contributed by atoms with Crippen LogP contribution in [-0.2, 0) is 18.0 Å². The Kier molecular flexibility index (Phi) is 6.82. The number of hydrogen-bond donors (Lipinski definition) is 1. The SMILES string of the molecule is C=C(C)C[C@@]1(C)O[C@H]2CO[Si](C(C)(C)C)(C(C)(C)C)O[C@@H]2[C@@H](O[Si](C)(C)C)[C@@H]1O. The summed E-state index contributed by atoms with van der Waals surface area (Å²) in [5.41, 5.74) is 0.206. The molecule has 2 aliphatic rings. The van der Waals surface area contributed by atoms with Crippen molar-refractivity contribution in [3.8, 4) is 0 Å². The lowest BCUT2D eigenvalue weighted by Crippen LogP contribution is -2.74. The zero-order valence-corrected chi connectivity index (χ0v) is 22.5. The Morgan fingerprint density at radius 3 is 2.10 bits per heavy atom. The molecule has 0 saturated carbocycles. The summed E-state index contributed by atoms with van der Waals surface area (Å²) in [6.45, 7) is 28.1. The van der Waals surface area contributed by atoms with Crippen molar-refractivity contribution in [1.29, 1.82) is 0 Å². The number of fused-ring (bicyclic) bond motifs is 1. The van der Waals surface area contributed by atoms with E-state index in [4.69, 9.17) is 18.0 Å². The topological polar surface area (TPSA) is 57.2 Å². The van der Waals surface area contributed by atoms with Crippen molar-refractivity contribution >= 4 is 16.9 Å². The first-order valence-electron chi connectivity index (χ1n) is 10.8. The molecule has 5 atom stereocenters. The zero-order chi connectivity index (χ0) is 22.6. The van der Waals surface area contributed by atoms with Crippen molar-refractivity contribution in [1.82, 2.24) is 0 Å². The van der Waals surface area contributed by atoms with Crippen LogP contribution in [0.2, 0.25) is 29.7 Å². The van der Waals surface area contributed by atoms with E-state index in [1.807, 2.05) is 13.8 Å². The van der Waals surface area contributed by atoms with Crippen LogP contribution >= 0.6 is 0 Å². The van der Waals surface area contributed by atoms with Gasteiger partial charge in [-0.25, -0.2) is 0 Å². The highest BCUT2D eigenvalue weighted by molar-refractivity contribution is 6.73. The van der Waals surface area contributed by atoms with Gasteiger partial charge in [-0.15, -0.1) is 6.58 Å². The highest BCUT2D eigenvalue weighted by atomic mass is 28.4. The molecule has 0 aromatic rings. The summed E-state index contributed by atoms with van der Waals surface area (Å²) in [5, 5.41) is 11.2. The lowest BCUT2D eigenvalue weighted by atomic mass is 9.82. The van der Waals surface area contributed by atoms with Gasteiger partial charge in [-0.05, 0) is 39.9 Å². The fourth-order valence-electron chi connectivity index (χ4n) is 5.12. The predicted octanol–water partition coefficient (Wildman–Crippen LogP) is 5.15. The van der Waals surface area contributed by atoms with Crippen LogP contribution in [0, 0.1) is 0 Å². The van der Waals surface area contributed by atoms with Crippen LogP contribution in [0.15, 0.2) is 12.2 Å². The van der Waals surface area contributed by atoms with E-state index in [1.54, 1.807) is 0 Å². The van der Waals surface area contributed by atoms with Gasteiger partial charge in [0.15, 0.2) is 8.32 Å². The van der Waals surface area contributed by atoms with E-state index in [0.717, 1.165) is 5.57 Å². The maximum Gasteiger partial charge on any atom is 0.349 e. The quantitative estimate of drug-likeness (QED) is 0.480. The van der Waals surface area contributed by atoms with E-state index in [9.17, 15) is 5.11 Å². The van der Waals surface area contributed by atoms with Crippen LogP contribution < -0.4 is 0 Å². The second-order valence-electron chi connectivity index (χ2n) is 12.3. The predicted molar refractivity (Wildman–Crippen MR) is 123 cm³/mol. The largest absolute Gasteiger partial charge is 0.409 e. The van der Waals surface area contributed by atoms with Gasteiger partial charge in [0, 0.05) is 10.1 Å². The van der Waals surface area contributed by atoms with Gasteiger partial charge < -0.3 is 23.1 Å². The third-order valence-electron chi connectivity index (χ3n) is 5.92. The molecule has 0 aliphatic carbocycles. The van der Waals surface area contributed by atoms with E-state index in [1.165, 1.54) is 0 Å². The van der Waals surface area contributed by atoms with Gasteiger partial charge in [0.2, 0.25) is 0 Å². The molecule has 2 aliphatic heterocycles. The average molecular weight is 445 g/mol. The van der Waals surface area contributed by atoms with Crippen LogP contribution in [-0.4, -0.2) is 58.6 Å². The van der Waals surface area contributed by atoms with Gasteiger partial charge in [0.05, 0.1) is 12.2 Å². The van der Waals surface area contributed by atoms with Crippen LogP contribution in [0.1, 0.15) is 61.8 Å². The fourth-order valence-corrected chi connectivity index (χ4v) is 11.2. The third-order valence-corrected chi connectivity index (χ3v) is 12.0. The Balaban J connectivity index is 2.50. The van der Waals surface area contributed by atoms with Gasteiger partial charge in [0.25, 0.3) is 0 Å². The number of hydrogen-bond acceptors (Lipinski definition) is 5. The molecular weight excluding hydrogens is 400 g/mol. The first kappa shape index (κ1) is 25.2. The van der Waals surface area contributed by atoms with Gasteiger partial charge in [-0.2, -0.15) is 0 Å². The minimum atomic E-state index is -2.69. The van der Waals surface area contributed by atoms with E-state index >= 15 is 0 Å². The number of aliphatic hydroxyl groups is 1. The van der Waals surface area contributed by atoms with Crippen molar-refractivity contribution in [2.75, 3.05) is 6.61 Å². The van der Waals surface area contributed by atoms with E-state index in [2.05, 4.69) is 67.8 Å². The molecule has 2 heterocycles. The van der Waals surface area contributed by atoms with E-state index < -0.39 is 34.7 Å². The van der Waals surface area contributed by atoms with Crippen molar-refractivity contribution in [3.05, 3.63) is 12.2 Å². The fraction of sp³-hybridized carbons (Fsp3) is 0.909. The maximum absolute atomic E-state index is 11.4. The highest BCUT2D eigenvalue weighted by Crippen LogP contribution is 2.56. The number of ether oxygens (including phenoxy) is 1. The number of rotatable bonds is 4. The van der Waals surface area contributed by atoms with Crippen molar-refractivity contribution in [2.45, 2.75) is 122 Å². The van der Waals surface area contributed by atoms with Crippen molar-refractivity contribution < 1.29 is 23.1 Å². The van der Waals surface area contributed by atoms with E-state index in [-0.39, 0.29) is 22.3 Å². The zero-order valence-electron chi connectivity index (χ0n) is 20.5. The van der Waals surface area contributed by atoms with Crippen molar-refractivity contribution in [2.24, 2.45) is 0 Å². The molecule has 0 aromatic heterocycles. The molecule has 7 heteroatoms. The summed E-state index contributed by atoms with van der Waals surface area (Å²) < 4.78 is 26.6. The maximum atomic E-state index is 11.4. The minimum absolute atomic E-state index is 0.136. The van der Waals surface area contributed by atoms with Gasteiger partial charge >= 0.3 is 8.56 Å². The Hall–Kier alpha value is -0.0262. The Bertz CT molecular complexity index is 602. The number of aliphatic hydroxyl groups excluding tert-OH is 1. The summed E-state index contributed by atoms with van der Waals surface area (Å²) in [5.74, 6) is 0. The lowest BCUT2D eigenvalue weighted by Gasteiger charge is -2.60. The highest BCUT2D eigenvalue weighted by Gasteiger charge is 2.66. The normalized spacial score (nSPS) is 35.9. The second kappa shape index (κ2) is 7.83. The molecule has 0 amide bonds. The molecule has 5 nitrogen and oxygen atoms in total. The van der Waals surface area contributed by atoms with Crippen molar-refractivity contribution in [3.63, 3.8) is 0 Å². The monoisotopic (exact) mass is 444 g/mol. The Morgan fingerprint density at radius 2 is 1.69 bits per heavy atom. The van der Waals surface area contributed by atoms with Gasteiger partial charge in [0.1, 0.15) is 24.4 Å². The van der Waals surface area contributed by atoms with Gasteiger partial charge in [-0.3, -0.25) is 0 Å². The van der Waals surface area contributed by atoms with Gasteiger partial charge in [-0.1, -0.05) is 47.1 Å². The molecule has 2 saturated heterocycles.